The van der Waals surface area contributed by atoms with Gasteiger partial charge in [-0.25, -0.2) is 4.98 Å². The van der Waals surface area contributed by atoms with Gasteiger partial charge in [-0.05, 0) is 44.6 Å². The summed E-state index contributed by atoms with van der Waals surface area (Å²) >= 11 is 1.48. The van der Waals surface area contributed by atoms with Crippen molar-refractivity contribution >= 4 is 22.2 Å². The van der Waals surface area contributed by atoms with Crippen molar-refractivity contribution in [3.05, 3.63) is 68.6 Å². The Labute approximate surface area is 162 Å². The van der Waals surface area contributed by atoms with Crippen molar-refractivity contribution in [3.8, 4) is 0 Å². The van der Waals surface area contributed by atoms with Crippen LogP contribution >= 0.6 is 11.3 Å². The second-order valence-electron chi connectivity index (χ2n) is 7.26. The summed E-state index contributed by atoms with van der Waals surface area (Å²) in [5, 5.41) is 0. The van der Waals surface area contributed by atoms with E-state index in [1.807, 2.05) is 19.9 Å². The third kappa shape index (κ3) is 3.41. The molecule has 0 unspecified atom stereocenters. The first-order chi connectivity index (χ1) is 13.0. The summed E-state index contributed by atoms with van der Waals surface area (Å²) < 4.78 is 1.56. The summed E-state index contributed by atoms with van der Waals surface area (Å²) in [5.41, 5.74) is 2.13. The van der Waals surface area contributed by atoms with Gasteiger partial charge in [0.15, 0.2) is 4.96 Å². The number of thiazole rings is 1. The minimum absolute atomic E-state index is 0.176. The molecule has 6 heteroatoms. The fourth-order valence-electron chi connectivity index (χ4n) is 3.78. The number of hydrogen-bond acceptors (Lipinski definition) is 4. The van der Waals surface area contributed by atoms with Gasteiger partial charge >= 0.3 is 0 Å². The average Bonchev–Trinajstić information content (AvgIpc) is 2.98. The molecule has 3 heterocycles. The number of amides is 1. The van der Waals surface area contributed by atoms with Gasteiger partial charge in [0.05, 0.1) is 0 Å². The maximum absolute atomic E-state index is 12.9. The predicted octanol–water partition coefficient (Wildman–Crippen LogP) is 3.47. The van der Waals surface area contributed by atoms with Crippen LogP contribution in [0, 0.1) is 19.8 Å². The molecule has 5 nitrogen and oxygen atoms in total. The minimum Gasteiger partial charge on any atom is -0.338 e. The molecule has 0 bridgehead atoms. The zero-order valence-electron chi connectivity index (χ0n) is 15.6. The van der Waals surface area contributed by atoms with Gasteiger partial charge in [0, 0.05) is 29.9 Å². The maximum Gasteiger partial charge on any atom is 0.271 e. The fraction of sp³-hybridized carbons (Fsp3) is 0.381. The van der Waals surface area contributed by atoms with Crippen LogP contribution in [-0.2, 0) is 6.42 Å². The normalized spacial score (nSPS) is 15.4. The van der Waals surface area contributed by atoms with E-state index in [-0.39, 0.29) is 17.0 Å². The van der Waals surface area contributed by atoms with E-state index < -0.39 is 0 Å². The lowest BCUT2D eigenvalue weighted by Crippen LogP contribution is -2.41. The van der Waals surface area contributed by atoms with E-state index in [1.165, 1.54) is 23.1 Å². The van der Waals surface area contributed by atoms with Gasteiger partial charge in [-0.15, -0.1) is 11.3 Å². The first kappa shape index (κ1) is 17.9. The Balaban J connectivity index is 1.48. The Morgan fingerprint density at radius 3 is 2.59 bits per heavy atom. The number of carbonyl (C=O) groups excluding carboxylic acids is 1. The largest absolute Gasteiger partial charge is 0.338 e. The first-order valence-electron chi connectivity index (χ1n) is 9.35. The highest BCUT2D eigenvalue weighted by Gasteiger charge is 2.26. The number of likely N-dealkylation sites (tertiary alicyclic amines) is 1. The number of benzene rings is 1. The van der Waals surface area contributed by atoms with Crippen molar-refractivity contribution in [3.63, 3.8) is 0 Å². The van der Waals surface area contributed by atoms with E-state index >= 15 is 0 Å². The maximum atomic E-state index is 12.9. The molecule has 1 fully saturated rings. The van der Waals surface area contributed by atoms with Gasteiger partial charge in [0.1, 0.15) is 5.56 Å². The number of carbonyl (C=O) groups is 1. The van der Waals surface area contributed by atoms with Gasteiger partial charge in [0.2, 0.25) is 0 Å². The predicted molar refractivity (Wildman–Crippen MR) is 108 cm³/mol. The van der Waals surface area contributed by atoms with E-state index in [1.54, 1.807) is 9.30 Å². The van der Waals surface area contributed by atoms with Crippen molar-refractivity contribution in [2.45, 2.75) is 33.1 Å². The topological polar surface area (TPSA) is 54.7 Å². The van der Waals surface area contributed by atoms with Gasteiger partial charge in [-0.2, -0.15) is 0 Å². The van der Waals surface area contributed by atoms with Crippen LogP contribution in [0.3, 0.4) is 0 Å². The van der Waals surface area contributed by atoms with Gasteiger partial charge < -0.3 is 4.90 Å². The lowest BCUT2D eigenvalue weighted by molar-refractivity contribution is 0.0688. The zero-order chi connectivity index (χ0) is 19.0. The minimum atomic E-state index is -0.252. The molecular formula is C21H23N3O2S. The van der Waals surface area contributed by atoms with E-state index in [4.69, 9.17) is 0 Å². The van der Waals surface area contributed by atoms with Crippen LogP contribution < -0.4 is 5.56 Å². The highest BCUT2D eigenvalue weighted by atomic mass is 32.1. The summed E-state index contributed by atoms with van der Waals surface area (Å²) in [7, 11) is 0. The third-order valence-corrected chi connectivity index (χ3v) is 6.59. The summed E-state index contributed by atoms with van der Waals surface area (Å²) in [6.07, 6.45) is 4.43. The summed E-state index contributed by atoms with van der Waals surface area (Å²) in [6, 6.07) is 10.5. The summed E-state index contributed by atoms with van der Waals surface area (Å²) in [4.78, 5) is 33.6. The lowest BCUT2D eigenvalue weighted by Gasteiger charge is -2.32. The summed E-state index contributed by atoms with van der Waals surface area (Å²) in [6.45, 7) is 5.25. The zero-order valence-corrected chi connectivity index (χ0v) is 16.5. The van der Waals surface area contributed by atoms with Crippen molar-refractivity contribution in [1.29, 1.82) is 0 Å². The number of rotatable bonds is 3. The average molecular weight is 382 g/mol. The van der Waals surface area contributed by atoms with Crippen LogP contribution in [0.25, 0.3) is 4.96 Å². The molecule has 1 aliphatic heterocycles. The van der Waals surface area contributed by atoms with Crippen LogP contribution in [0.1, 0.15) is 39.3 Å². The standard InChI is InChI=1S/C21H23N3O2S/c1-14-15(2)27-21-22-13-18(20(26)24(14)21)19(25)23-10-8-17(9-11-23)12-16-6-4-3-5-7-16/h3-7,13,17H,8-12H2,1-2H3. The molecule has 1 saturated heterocycles. The Bertz CT molecular complexity index is 1030. The highest BCUT2D eigenvalue weighted by molar-refractivity contribution is 7.17. The Morgan fingerprint density at radius 2 is 1.89 bits per heavy atom. The molecule has 1 aromatic carbocycles. The molecule has 0 saturated carbocycles. The fourth-order valence-corrected chi connectivity index (χ4v) is 4.71. The molecule has 140 valence electrons. The molecule has 0 spiro atoms. The van der Waals surface area contributed by atoms with Crippen LogP contribution in [0.2, 0.25) is 0 Å². The number of aryl methyl sites for hydroxylation is 2. The molecule has 0 radical (unpaired) electrons. The van der Waals surface area contributed by atoms with Crippen molar-refractivity contribution in [2.24, 2.45) is 5.92 Å². The number of piperidine rings is 1. The molecule has 27 heavy (non-hydrogen) atoms. The Kier molecular flexibility index (Phi) is 4.83. The van der Waals surface area contributed by atoms with E-state index in [0.717, 1.165) is 29.8 Å². The number of fused-ring (bicyclic) bond motifs is 1. The lowest BCUT2D eigenvalue weighted by atomic mass is 9.90. The quantitative estimate of drug-likeness (QED) is 0.698. The molecule has 0 aliphatic carbocycles. The molecule has 0 N–H and O–H groups in total. The Hall–Kier alpha value is -2.47. The molecule has 1 aliphatic rings. The van der Waals surface area contributed by atoms with E-state index in [0.29, 0.717) is 24.0 Å². The highest BCUT2D eigenvalue weighted by Crippen LogP contribution is 2.23. The third-order valence-electron chi connectivity index (χ3n) is 5.52. The molecule has 1 amide bonds. The number of nitrogens with zero attached hydrogens (tertiary/aromatic N) is 3. The summed E-state index contributed by atoms with van der Waals surface area (Å²) in [5.74, 6) is 0.392. The van der Waals surface area contributed by atoms with E-state index in [2.05, 4.69) is 29.2 Å². The van der Waals surface area contributed by atoms with Crippen LogP contribution in [0.15, 0.2) is 41.3 Å². The van der Waals surface area contributed by atoms with E-state index in [9.17, 15) is 9.59 Å². The number of hydrogen-bond donors (Lipinski definition) is 0. The molecule has 0 atom stereocenters. The number of aromatic nitrogens is 2. The van der Waals surface area contributed by atoms with Crippen LogP contribution in [-0.4, -0.2) is 33.3 Å². The molecule has 2 aromatic heterocycles. The van der Waals surface area contributed by atoms with Gasteiger partial charge in [0.25, 0.3) is 11.5 Å². The van der Waals surface area contributed by atoms with Crippen molar-refractivity contribution in [2.75, 3.05) is 13.1 Å². The first-order valence-corrected chi connectivity index (χ1v) is 10.2. The molecule has 4 rings (SSSR count). The second kappa shape index (κ2) is 7.27. The van der Waals surface area contributed by atoms with Crippen LogP contribution in [0.4, 0.5) is 0 Å². The van der Waals surface area contributed by atoms with Crippen molar-refractivity contribution < 1.29 is 4.79 Å². The van der Waals surface area contributed by atoms with Gasteiger partial charge in [-0.1, -0.05) is 30.3 Å². The van der Waals surface area contributed by atoms with Crippen LogP contribution in [0.5, 0.6) is 0 Å². The SMILES string of the molecule is Cc1sc2ncc(C(=O)N3CCC(Cc4ccccc4)CC3)c(=O)n2c1C. The Morgan fingerprint density at radius 1 is 1.19 bits per heavy atom. The second-order valence-corrected chi connectivity index (χ2v) is 8.45. The molecule has 3 aromatic rings. The smallest absolute Gasteiger partial charge is 0.271 e. The molecular weight excluding hydrogens is 358 g/mol. The monoisotopic (exact) mass is 381 g/mol. The van der Waals surface area contributed by atoms with Crippen molar-refractivity contribution in [1.82, 2.24) is 14.3 Å². The van der Waals surface area contributed by atoms with Gasteiger partial charge in [-0.3, -0.25) is 14.0 Å².